The molecular weight excluding hydrogens is 155 g/mol. The minimum absolute atomic E-state index is 0.325. The van der Waals surface area contributed by atoms with Crippen molar-refractivity contribution in [2.24, 2.45) is 0 Å². The second kappa shape index (κ2) is 4.21. The van der Waals surface area contributed by atoms with Crippen molar-refractivity contribution in [2.75, 3.05) is 6.67 Å². The summed E-state index contributed by atoms with van der Waals surface area (Å²) in [5, 5.41) is 9.17. The van der Waals surface area contributed by atoms with Crippen LogP contribution in [0.1, 0.15) is 24.2 Å². The van der Waals surface area contributed by atoms with Gasteiger partial charge in [0.2, 0.25) is 0 Å². The fraction of sp³-hybridized carbons (Fsp3) is 0.400. The summed E-state index contributed by atoms with van der Waals surface area (Å²) in [6, 6.07) is 7.36. The van der Waals surface area contributed by atoms with E-state index < -0.39 is 6.10 Å². The van der Waals surface area contributed by atoms with E-state index in [0.717, 1.165) is 11.1 Å². The van der Waals surface area contributed by atoms with E-state index in [2.05, 4.69) is 0 Å². The maximum Gasteiger partial charge on any atom is 0.0934 e. The maximum atomic E-state index is 11.9. The van der Waals surface area contributed by atoms with Gasteiger partial charge in [-0.05, 0) is 18.1 Å². The molecule has 66 valence electrons. The summed E-state index contributed by atoms with van der Waals surface area (Å²) in [5.41, 5.74) is 1.85. The van der Waals surface area contributed by atoms with Crippen LogP contribution < -0.4 is 0 Å². The Balaban J connectivity index is 2.71. The standard InChI is InChI=1S/C10H13FO/c1-8(12)10-4-2-9(3-5-10)6-7-11/h2-5,8,12H,6-7H2,1H3. The first-order valence-corrected chi connectivity index (χ1v) is 4.07. The van der Waals surface area contributed by atoms with E-state index in [-0.39, 0.29) is 6.67 Å². The SMILES string of the molecule is CC(O)c1ccc(CCF)cc1. The van der Waals surface area contributed by atoms with Gasteiger partial charge in [0.1, 0.15) is 0 Å². The van der Waals surface area contributed by atoms with Crippen LogP contribution in [0.15, 0.2) is 24.3 Å². The molecule has 1 aromatic rings. The molecule has 0 aromatic heterocycles. The van der Waals surface area contributed by atoms with Crippen molar-refractivity contribution in [1.82, 2.24) is 0 Å². The lowest BCUT2D eigenvalue weighted by Gasteiger charge is -2.04. The average Bonchev–Trinajstić information content (AvgIpc) is 2.06. The monoisotopic (exact) mass is 168 g/mol. The van der Waals surface area contributed by atoms with E-state index in [4.69, 9.17) is 0 Å². The molecule has 12 heavy (non-hydrogen) atoms. The van der Waals surface area contributed by atoms with Crippen LogP contribution in [0.2, 0.25) is 0 Å². The quantitative estimate of drug-likeness (QED) is 0.734. The Morgan fingerprint density at radius 1 is 1.33 bits per heavy atom. The zero-order chi connectivity index (χ0) is 8.97. The number of rotatable bonds is 3. The minimum atomic E-state index is -0.440. The molecule has 0 aliphatic heterocycles. The molecule has 1 nitrogen and oxygen atoms in total. The molecule has 2 heteroatoms. The van der Waals surface area contributed by atoms with Crippen LogP contribution in [0.4, 0.5) is 4.39 Å². The van der Waals surface area contributed by atoms with Crippen LogP contribution in [-0.2, 0) is 6.42 Å². The highest BCUT2D eigenvalue weighted by Crippen LogP contribution is 2.12. The highest BCUT2D eigenvalue weighted by atomic mass is 19.1. The molecule has 1 unspecified atom stereocenters. The van der Waals surface area contributed by atoms with Crippen molar-refractivity contribution >= 4 is 0 Å². The number of aryl methyl sites for hydroxylation is 1. The third kappa shape index (κ3) is 2.31. The number of halogens is 1. The second-order valence-electron chi connectivity index (χ2n) is 2.86. The number of hydrogen-bond acceptors (Lipinski definition) is 1. The minimum Gasteiger partial charge on any atom is -0.389 e. The molecule has 0 heterocycles. The van der Waals surface area contributed by atoms with E-state index in [1.807, 2.05) is 24.3 Å². The van der Waals surface area contributed by atoms with Gasteiger partial charge in [-0.2, -0.15) is 0 Å². The van der Waals surface area contributed by atoms with Crippen LogP contribution in [0, 0.1) is 0 Å². The molecule has 1 aromatic carbocycles. The first kappa shape index (κ1) is 9.20. The predicted octanol–water partition coefficient (Wildman–Crippen LogP) is 2.25. The molecule has 1 rings (SSSR count). The first-order valence-electron chi connectivity index (χ1n) is 4.07. The summed E-state index contributed by atoms with van der Waals surface area (Å²) in [7, 11) is 0. The summed E-state index contributed by atoms with van der Waals surface area (Å²) >= 11 is 0. The lowest BCUT2D eigenvalue weighted by Crippen LogP contribution is -1.92. The van der Waals surface area contributed by atoms with Gasteiger partial charge < -0.3 is 5.11 Å². The van der Waals surface area contributed by atoms with Crippen LogP contribution in [-0.4, -0.2) is 11.8 Å². The van der Waals surface area contributed by atoms with E-state index in [1.54, 1.807) is 6.92 Å². The molecule has 0 amide bonds. The van der Waals surface area contributed by atoms with E-state index in [9.17, 15) is 9.50 Å². The molecule has 1 N–H and O–H groups in total. The molecular formula is C10H13FO. The van der Waals surface area contributed by atoms with Crippen LogP contribution >= 0.6 is 0 Å². The van der Waals surface area contributed by atoms with Crippen molar-refractivity contribution in [3.63, 3.8) is 0 Å². The fourth-order valence-corrected chi connectivity index (χ4v) is 1.07. The Morgan fingerprint density at radius 3 is 2.33 bits per heavy atom. The third-order valence-electron chi connectivity index (χ3n) is 1.85. The average molecular weight is 168 g/mol. The van der Waals surface area contributed by atoms with Crippen molar-refractivity contribution < 1.29 is 9.50 Å². The number of aliphatic hydroxyl groups is 1. The Morgan fingerprint density at radius 2 is 1.92 bits per heavy atom. The second-order valence-corrected chi connectivity index (χ2v) is 2.86. The molecule has 0 saturated heterocycles. The molecule has 0 radical (unpaired) electrons. The van der Waals surface area contributed by atoms with Gasteiger partial charge in [-0.3, -0.25) is 4.39 Å². The normalized spacial score (nSPS) is 12.9. The molecule has 0 saturated carbocycles. The van der Waals surface area contributed by atoms with Crippen LogP contribution in [0.25, 0.3) is 0 Å². The Bertz CT molecular complexity index is 228. The number of aliphatic hydroxyl groups excluding tert-OH is 1. The van der Waals surface area contributed by atoms with E-state index >= 15 is 0 Å². The summed E-state index contributed by atoms with van der Waals surface area (Å²) < 4.78 is 11.9. The summed E-state index contributed by atoms with van der Waals surface area (Å²) in [6.07, 6.45) is 0.0181. The number of alkyl halides is 1. The van der Waals surface area contributed by atoms with Gasteiger partial charge in [-0.25, -0.2) is 0 Å². The van der Waals surface area contributed by atoms with Gasteiger partial charge in [0, 0.05) is 6.42 Å². The third-order valence-corrected chi connectivity index (χ3v) is 1.85. The van der Waals surface area contributed by atoms with Gasteiger partial charge >= 0.3 is 0 Å². The van der Waals surface area contributed by atoms with Crippen molar-refractivity contribution in [3.05, 3.63) is 35.4 Å². The molecule has 1 atom stereocenters. The Labute approximate surface area is 71.9 Å². The zero-order valence-electron chi connectivity index (χ0n) is 7.13. The fourth-order valence-electron chi connectivity index (χ4n) is 1.07. The number of benzene rings is 1. The van der Waals surface area contributed by atoms with Crippen LogP contribution in [0.3, 0.4) is 0 Å². The Hall–Kier alpha value is -0.890. The van der Waals surface area contributed by atoms with Crippen molar-refractivity contribution in [3.8, 4) is 0 Å². The summed E-state index contributed by atoms with van der Waals surface area (Å²) in [5.74, 6) is 0. The Kier molecular flexibility index (Phi) is 3.23. The van der Waals surface area contributed by atoms with Crippen molar-refractivity contribution in [1.29, 1.82) is 0 Å². The lowest BCUT2D eigenvalue weighted by molar-refractivity contribution is 0.199. The largest absolute Gasteiger partial charge is 0.389 e. The van der Waals surface area contributed by atoms with E-state index in [1.165, 1.54) is 0 Å². The number of hydrogen-bond donors (Lipinski definition) is 1. The van der Waals surface area contributed by atoms with Crippen LogP contribution in [0.5, 0.6) is 0 Å². The molecule has 0 bridgehead atoms. The van der Waals surface area contributed by atoms with Gasteiger partial charge in [-0.15, -0.1) is 0 Å². The topological polar surface area (TPSA) is 20.2 Å². The highest BCUT2D eigenvalue weighted by molar-refractivity contribution is 5.23. The lowest BCUT2D eigenvalue weighted by atomic mass is 10.1. The summed E-state index contributed by atoms with van der Waals surface area (Å²) in [6.45, 7) is 1.39. The first-order chi connectivity index (χ1) is 5.74. The van der Waals surface area contributed by atoms with E-state index in [0.29, 0.717) is 6.42 Å². The molecule has 0 spiro atoms. The molecule has 0 fully saturated rings. The summed E-state index contributed by atoms with van der Waals surface area (Å²) in [4.78, 5) is 0. The van der Waals surface area contributed by atoms with Gasteiger partial charge in [0.05, 0.1) is 12.8 Å². The van der Waals surface area contributed by atoms with Gasteiger partial charge in [0.25, 0.3) is 0 Å². The maximum absolute atomic E-state index is 11.9. The smallest absolute Gasteiger partial charge is 0.0934 e. The predicted molar refractivity (Wildman–Crippen MR) is 46.8 cm³/mol. The van der Waals surface area contributed by atoms with Gasteiger partial charge in [-0.1, -0.05) is 24.3 Å². The molecule has 0 aliphatic rings. The molecule has 0 aliphatic carbocycles. The zero-order valence-corrected chi connectivity index (χ0v) is 7.13. The highest BCUT2D eigenvalue weighted by Gasteiger charge is 1.99. The van der Waals surface area contributed by atoms with Crippen molar-refractivity contribution in [2.45, 2.75) is 19.4 Å². The van der Waals surface area contributed by atoms with Gasteiger partial charge in [0.15, 0.2) is 0 Å².